The van der Waals surface area contributed by atoms with Crippen LogP contribution in [0.3, 0.4) is 0 Å². The fourth-order valence-electron chi connectivity index (χ4n) is 3.92. The second-order valence-corrected chi connectivity index (χ2v) is 8.40. The number of ether oxygens (including phenoxy) is 1. The Labute approximate surface area is 195 Å². The molecule has 0 atom stereocenters. The van der Waals surface area contributed by atoms with Gasteiger partial charge in [-0.3, -0.25) is 4.98 Å². The first-order chi connectivity index (χ1) is 15.9. The molecule has 0 spiro atoms. The van der Waals surface area contributed by atoms with Crippen molar-refractivity contribution in [1.29, 1.82) is 0 Å². The highest BCUT2D eigenvalue weighted by Gasteiger charge is 2.31. The van der Waals surface area contributed by atoms with Gasteiger partial charge < -0.3 is 15.0 Å². The molecule has 33 heavy (non-hydrogen) atoms. The normalized spacial score (nSPS) is 14.7. The van der Waals surface area contributed by atoms with Gasteiger partial charge in [0.05, 0.1) is 16.9 Å². The average molecular weight is 473 g/mol. The Morgan fingerprint density at radius 3 is 2.58 bits per heavy atom. The quantitative estimate of drug-likeness (QED) is 0.438. The number of alkyl halides is 3. The molecule has 3 aromatic rings. The molecule has 2 aromatic heterocycles. The van der Waals surface area contributed by atoms with Crippen LogP contribution >= 0.6 is 12.2 Å². The molecule has 1 N–H and O–H groups in total. The molecule has 0 aliphatic carbocycles. The van der Waals surface area contributed by atoms with E-state index in [4.69, 9.17) is 12.2 Å². The van der Waals surface area contributed by atoms with Crippen LogP contribution in [0.4, 0.5) is 24.7 Å². The lowest BCUT2D eigenvalue weighted by Gasteiger charge is -2.33. The van der Waals surface area contributed by atoms with E-state index in [0.717, 1.165) is 54.4 Å². The lowest BCUT2D eigenvalue weighted by atomic mass is 9.93. The molecule has 172 valence electrons. The maximum Gasteiger partial charge on any atom is 0.573 e. The summed E-state index contributed by atoms with van der Waals surface area (Å²) in [5.74, 6) is 1.05. The van der Waals surface area contributed by atoms with E-state index < -0.39 is 6.36 Å². The van der Waals surface area contributed by atoms with Crippen molar-refractivity contribution < 1.29 is 17.9 Å². The number of nitrogens with zero attached hydrogens (tertiary/aromatic N) is 3. The summed E-state index contributed by atoms with van der Waals surface area (Å²) in [6.07, 6.45) is 3.21. The predicted octanol–water partition coefficient (Wildman–Crippen LogP) is 6.09. The highest BCUT2D eigenvalue weighted by Crippen LogP contribution is 2.31. The number of pyridine rings is 2. The van der Waals surface area contributed by atoms with Gasteiger partial charge in [0.1, 0.15) is 11.6 Å². The van der Waals surface area contributed by atoms with Crippen molar-refractivity contribution in [1.82, 2.24) is 9.97 Å². The maximum absolute atomic E-state index is 12.5. The first kappa shape index (κ1) is 23.0. The molecule has 4 rings (SSSR count). The van der Waals surface area contributed by atoms with Crippen LogP contribution in [0.2, 0.25) is 0 Å². The molecular weight excluding hydrogens is 449 g/mol. The van der Waals surface area contributed by atoms with Gasteiger partial charge in [-0.1, -0.05) is 24.4 Å². The third kappa shape index (κ3) is 6.64. The van der Waals surface area contributed by atoms with Crippen LogP contribution in [0.25, 0.3) is 11.1 Å². The van der Waals surface area contributed by atoms with Crippen molar-refractivity contribution in [3.05, 3.63) is 67.1 Å². The number of hydrogen-bond donors (Lipinski definition) is 1. The minimum absolute atomic E-state index is 0.241. The Bertz CT molecular complexity index is 1090. The number of halogens is 3. The molecule has 1 aliphatic heterocycles. The summed E-state index contributed by atoms with van der Waals surface area (Å²) >= 11 is 5.51. The van der Waals surface area contributed by atoms with E-state index in [1.807, 2.05) is 18.2 Å². The summed E-state index contributed by atoms with van der Waals surface area (Å²) < 4.78 is 41.7. The third-order valence-corrected chi connectivity index (χ3v) is 5.77. The standard InChI is InChI=1S/C24H23F3N4OS/c25-24(26,27)32-21-5-1-3-18(14-21)19-6-10-29-22(15-19)31-11-7-17(8-12-31)13-23(33)30-20-4-2-9-28-16-20/h1-6,9-10,14-17H,7-8,11-13H2,(H,30,33). The van der Waals surface area contributed by atoms with Gasteiger partial charge in [0.2, 0.25) is 0 Å². The second kappa shape index (κ2) is 10.2. The van der Waals surface area contributed by atoms with E-state index in [1.54, 1.807) is 36.8 Å². The van der Waals surface area contributed by atoms with Gasteiger partial charge in [0.25, 0.3) is 0 Å². The number of rotatable bonds is 6. The van der Waals surface area contributed by atoms with Crippen LogP contribution in [0, 0.1) is 5.92 Å². The lowest BCUT2D eigenvalue weighted by molar-refractivity contribution is -0.274. The molecule has 9 heteroatoms. The van der Waals surface area contributed by atoms with E-state index in [-0.39, 0.29) is 5.75 Å². The highest BCUT2D eigenvalue weighted by atomic mass is 32.1. The van der Waals surface area contributed by atoms with Crippen molar-refractivity contribution >= 4 is 28.7 Å². The van der Waals surface area contributed by atoms with Crippen LogP contribution in [0.1, 0.15) is 19.3 Å². The number of hydrogen-bond acceptors (Lipinski definition) is 5. The molecule has 0 bridgehead atoms. The zero-order valence-electron chi connectivity index (χ0n) is 17.8. The second-order valence-electron chi connectivity index (χ2n) is 7.90. The smallest absolute Gasteiger partial charge is 0.406 e. The number of benzene rings is 1. The summed E-state index contributed by atoms with van der Waals surface area (Å²) in [6, 6.07) is 13.5. The molecular formula is C24H23F3N4OS. The Morgan fingerprint density at radius 1 is 1.06 bits per heavy atom. The van der Waals surface area contributed by atoms with Crippen molar-refractivity contribution in [2.75, 3.05) is 23.3 Å². The summed E-state index contributed by atoms with van der Waals surface area (Å²) in [5.41, 5.74) is 2.32. The topological polar surface area (TPSA) is 50.3 Å². The minimum atomic E-state index is -4.72. The van der Waals surface area contributed by atoms with E-state index in [1.165, 1.54) is 12.1 Å². The van der Waals surface area contributed by atoms with Crippen LogP contribution in [0.5, 0.6) is 5.75 Å². The Balaban J connectivity index is 1.35. The third-order valence-electron chi connectivity index (χ3n) is 5.50. The fourth-order valence-corrected chi connectivity index (χ4v) is 4.27. The highest BCUT2D eigenvalue weighted by molar-refractivity contribution is 7.80. The van der Waals surface area contributed by atoms with Crippen LogP contribution in [-0.4, -0.2) is 34.4 Å². The van der Waals surface area contributed by atoms with Gasteiger partial charge in [-0.25, -0.2) is 4.98 Å². The summed E-state index contributed by atoms with van der Waals surface area (Å²) in [4.78, 5) is 11.6. The molecule has 3 heterocycles. The SMILES string of the molecule is FC(F)(F)Oc1cccc(-c2ccnc(N3CCC(CC(=S)Nc4cccnc4)CC3)c2)c1. The zero-order chi connectivity index (χ0) is 23.3. The molecule has 0 saturated carbocycles. The monoisotopic (exact) mass is 472 g/mol. The number of nitrogens with one attached hydrogen (secondary N) is 1. The number of thiocarbonyl (C=S) groups is 1. The van der Waals surface area contributed by atoms with Crippen molar-refractivity contribution in [3.63, 3.8) is 0 Å². The Hall–Kier alpha value is -3.20. The number of piperidine rings is 1. The van der Waals surface area contributed by atoms with Gasteiger partial charge >= 0.3 is 6.36 Å². The van der Waals surface area contributed by atoms with Gasteiger partial charge in [0, 0.05) is 31.9 Å². The average Bonchev–Trinajstić information content (AvgIpc) is 2.79. The van der Waals surface area contributed by atoms with Crippen molar-refractivity contribution in [2.45, 2.75) is 25.6 Å². The zero-order valence-corrected chi connectivity index (χ0v) is 18.6. The molecule has 0 amide bonds. The molecule has 1 aliphatic rings. The number of anilines is 2. The molecule has 1 fully saturated rings. The van der Waals surface area contributed by atoms with E-state index in [0.29, 0.717) is 11.5 Å². The van der Waals surface area contributed by atoms with Gasteiger partial charge in [-0.05, 0) is 66.3 Å². The lowest BCUT2D eigenvalue weighted by Crippen LogP contribution is -2.35. The van der Waals surface area contributed by atoms with Crippen LogP contribution < -0.4 is 15.0 Å². The van der Waals surface area contributed by atoms with Crippen molar-refractivity contribution in [2.24, 2.45) is 5.92 Å². The number of aromatic nitrogens is 2. The summed E-state index contributed by atoms with van der Waals surface area (Å²) in [5, 5.41) is 3.24. The van der Waals surface area contributed by atoms with Gasteiger partial charge in [0.15, 0.2) is 0 Å². The first-order valence-corrected chi connectivity index (χ1v) is 11.0. The predicted molar refractivity (Wildman–Crippen MR) is 126 cm³/mol. The summed E-state index contributed by atoms with van der Waals surface area (Å²) in [7, 11) is 0. The molecule has 0 unspecified atom stereocenters. The van der Waals surface area contributed by atoms with E-state index in [2.05, 4.69) is 24.9 Å². The maximum atomic E-state index is 12.5. The van der Waals surface area contributed by atoms with Crippen LogP contribution in [-0.2, 0) is 0 Å². The van der Waals surface area contributed by atoms with Gasteiger partial charge in [-0.2, -0.15) is 0 Å². The van der Waals surface area contributed by atoms with Gasteiger partial charge in [-0.15, -0.1) is 13.2 Å². The molecule has 0 radical (unpaired) electrons. The van der Waals surface area contributed by atoms with E-state index in [9.17, 15) is 13.2 Å². The summed E-state index contributed by atoms with van der Waals surface area (Å²) in [6.45, 7) is 1.68. The minimum Gasteiger partial charge on any atom is -0.406 e. The van der Waals surface area contributed by atoms with Crippen molar-refractivity contribution in [3.8, 4) is 16.9 Å². The molecule has 1 saturated heterocycles. The largest absolute Gasteiger partial charge is 0.573 e. The first-order valence-electron chi connectivity index (χ1n) is 10.6. The Kier molecular flexibility index (Phi) is 7.08. The molecule has 5 nitrogen and oxygen atoms in total. The van der Waals surface area contributed by atoms with E-state index >= 15 is 0 Å². The fraction of sp³-hybridized carbons (Fsp3) is 0.292. The van der Waals surface area contributed by atoms with Crippen LogP contribution in [0.15, 0.2) is 67.1 Å². The Morgan fingerprint density at radius 2 is 1.85 bits per heavy atom. The molecule has 1 aromatic carbocycles.